The van der Waals surface area contributed by atoms with Crippen LogP contribution in [0.25, 0.3) is 0 Å². The highest BCUT2D eigenvalue weighted by atomic mass is 16.8. The lowest BCUT2D eigenvalue weighted by Gasteiger charge is -2.25. The number of rotatable bonds is 0. The Labute approximate surface area is 53.3 Å². The number of hydrogen-bond acceptors (Lipinski definition) is 3. The molecule has 0 spiro atoms. The van der Waals surface area contributed by atoms with E-state index < -0.39 is 5.97 Å². The van der Waals surface area contributed by atoms with Crippen molar-refractivity contribution in [3.8, 4) is 0 Å². The van der Waals surface area contributed by atoms with E-state index in [1.54, 1.807) is 0 Å². The van der Waals surface area contributed by atoms with E-state index in [0.717, 1.165) is 19.3 Å². The molecule has 2 rings (SSSR count). The van der Waals surface area contributed by atoms with Gasteiger partial charge in [0.05, 0.1) is 6.10 Å². The SMILES string of the molecule is OC1(O)OC2CCC1C2. The summed E-state index contributed by atoms with van der Waals surface area (Å²) in [6, 6.07) is 0. The molecule has 2 aliphatic rings. The molecule has 9 heavy (non-hydrogen) atoms. The Kier molecular flexibility index (Phi) is 0.928. The average Bonchev–Trinajstić information content (AvgIpc) is 2.19. The van der Waals surface area contributed by atoms with Crippen LogP contribution in [0.15, 0.2) is 0 Å². The second-order valence-corrected chi connectivity index (χ2v) is 2.91. The third kappa shape index (κ3) is 0.689. The van der Waals surface area contributed by atoms with Crippen LogP contribution in [-0.2, 0) is 4.74 Å². The molecule has 0 aromatic rings. The zero-order chi connectivity index (χ0) is 6.48. The largest absolute Gasteiger partial charge is 0.343 e. The Hall–Kier alpha value is -0.120. The molecule has 1 heterocycles. The van der Waals surface area contributed by atoms with Crippen LogP contribution in [-0.4, -0.2) is 22.3 Å². The van der Waals surface area contributed by atoms with Gasteiger partial charge in [-0.1, -0.05) is 0 Å². The fraction of sp³-hybridized carbons (Fsp3) is 1.00. The van der Waals surface area contributed by atoms with Crippen LogP contribution in [0.1, 0.15) is 19.3 Å². The lowest BCUT2D eigenvalue weighted by molar-refractivity contribution is -0.356. The van der Waals surface area contributed by atoms with E-state index >= 15 is 0 Å². The number of hydrogen-bond donors (Lipinski definition) is 2. The summed E-state index contributed by atoms with van der Waals surface area (Å²) in [7, 11) is 0. The molecule has 2 N–H and O–H groups in total. The summed E-state index contributed by atoms with van der Waals surface area (Å²) in [6.45, 7) is 0. The van der Waals surface area contributed by atoms with Gasteiger partial charge in [-0.2, -0.15) is 0 Å². The third-order valence-corrected chi connectivity index (χ3v) is 2.26. The highest BCUT2D eigenvalue weighted by Gasteiger charge is 2.50. The van der Waals surface area contributed by atoms with Gasteiger partial charge in [-0.05, 0) is 19.3 Å². The minimum absolute atomic E-state index is 0.0255. The maximum absolute atomic E-state index is 9.02. The van der Waals surface area contributed by atoms with Crippen molar-refractivity contribution in [1.29, 1.82) is 0 Å². The van der Waals surface area contributed by atoms with E-state index in [2.05, 4.69) is 0 Å². The maximum Gasteiger partial charge on any atom is 0.281 e. The Bertz CT molecular complexity index is 132. The number of ether oxygens (including phenoxy) is 1. The van der Waals surface area contributed by atoms with Gasteiger partial charge in [0.15, 0.2) is 0 Å². The summed E-state index contributed by atoms with van der Waals surface area (Å²) >= 11 is 0. The van der Waals surface area contributed by atoms with Crippen LogP contribution < -0.4 is 0 Å². The van der Waals surface area contributed by atoms with Crippen molar-refractivity contribution in [1.82, 2.24) is 0 Å². The first-order valence-electron chi connectivity index (χ1n) is 3.31. The first-order chi connectivity index (χ1) is 4.18. The first-order valence-corrected chi connectivity index (χ1v) is 3.31. The smallest absolute Gasteiger partial charge is 0.281 e. The molecule has 1 saturated carbocycles. The van der Waals surface area contributed by atoms with E-state index in [9.17, 15) is 0 Å². The molecule has 2 bridgehead atoms. The minimum Gasteiger partial charge on any atom is -0.343 e. The van der Waals surface area contributed by atoms with Crippen LogP contribution in [0.3, 0.4) is 0 Å². The molecule has 0 aromatic carbocycles. The molecule has 1 aliphatic carbocycles. The molecule has 2 atom stereocenters. The van der Waals surface area contributed by atoms with Crippen molar-refractivity contribution in [2.24, 2.45) is 5.92 Å². The van der Waals surface area contributed by atoms with Gasteiger partial charge in [0.1, 0.15) is 0 Å². The zero-order valence-electron chi connectivity index (χ0n) is 5.08. The molecule has 1 aliphatic heterocycles. The zero-order valence-corrected chi connectivity index (χ0v) is 5.08. The minimum atomic E-state index is -1.79. The fourth-order valence-corrected chi connectivity index (χ4v) is 1.73. The summed E-state index contributed by atoms with van der Waals surface area (Å²) in [4.78, 5) is 0. The summed E-state index contributed by atoms with van der Waals surface area (Å²) in [6.07, 6.45) is 2.84. The van der Waals surface area contributed by atoms with Crippen molar-refractivity contribution in [3.63, 3.8) is 0 Å². The van der Waals surface area contributed by atoms with E-state index in [0.29, 0.717) is 0 Å². The number of fused-ring (bicyclic) bond motifs is 2. The topological polar surface area (TPSA) is 49.7 Å². The van der Waals surface area contributed by atoms with E-state index in [-0.39, 0.29) is 12.0 Å². The van der Waals surface area contributed by atoms with E-state index in [1.165, 1.54) is 0 Å². The second-order valence-electron chi connectivity index (χ2n) is 2.91. The average molecular weight is 130 g/mol. The Morgan fingerprint density at radius 3 is 2.33 bits per heavy atom. The predicted octanol–water partition coefficient (Wildman–Crippen LogP) is -0.176. The molecular formula is C6H10O3. The van der Waals surface area contributed by atoms with Crippen molar-refractivity contribution in [2.75, 3.05) is 0 Å². The van der Waals surface area contributed by atoms with Crippen LogP contribution in [0.2, 0.25) is 0 Å². The highest BCUT2D eigenvalue weighted by Crippen LogP contribution is 2.43. The summed E-state index contributed by atoms with van der Waals surface area (Å²) in [5.74, 6) is -1.81. The quantitative estimate of drug-likeness (QED) is 0.447. The van der Waals surface area contributed by atoms with Crippen molar-refractivity contribution >= 4 is 0 Å². The first kappa shape index (κ1) is 5.65. The van der Waals surface area contributed by atoms with Gasteiger partial charge < -0.3 is 14.9 Å². The van der Waals surface area contributed by atoms with Gasteiger partial charge in [-0.25, -0.2) is 0 Å². The van der Waals surface area contributed by atoms with E-state index in [4.69, 9.17) is 14.9 Å². The van der Waals surface area contributed by atoms with Crippen LogP contribution in [0.5, 0.6) is 0 Å². The molecule has 0 radical (unpaired) electrons. The molecule has 52 valence electrons. The predicted molar refractivity (Wildman–Crippen MR) is 29.4 cm³/mol. The molecule has 0 amide bonds. The standard InChI is InChI=1S/C6H10O3/c7-6(8)4-1-2-5(3-4)9-6/h4-5,7-8H,1-3H2. The Balaban J connectivity index is 2.18. The van der Waals surface area contributed by atoms with Crippen LogP contribution >= 0.6 is 0 Å². The summed E-state index contributed by atoms with van der Waals surface area (Å²) < 4.78 is 4.86. The van der Waals surface area contributed by atoms with Crippen LogP contribution in [0, 0.1) is 5.92 Å². The third-order valence-electron chi connectivity index (χ3n) is 2.26. The Morgan fingerprint density at radius 1 is 1.33 bits per heavy atom. The normalized spacial score (nSPS) is 46.0. The van der Waals surface area contributed by atoms with Gasteiger partial charge in [0.2, 0.25) is 0 Å². The van der Waals surface area contributed by atoms with Gasteiger partial charge >= 0.3 is 0 Å². The van der Waals surface area contributed by atoms with Crippen LogP contribution in [0.4, 0.5) is 0 Å². The fourth-order valence-electron chi connectivity index (χ4n) is 1.73. The van der Waals surface area contributed by atoms with Crippen molar-refractivity contribution < 1.29 is 14.9 Å². The van der Waals surface area contributed by atoms with Gasteiger partial charge in [-0.3, -0.25) is 0 Å². The summed E-state index contributed by atoms with van der Waals surface area (Å²) in [5, 5.41) is 18.0. The Morgan fingerprint density at radius 2 is 2.11 bits per heavy atom. The lowest BCUT2D eigenvalue weighted by atomic mass is 10.1. The maximum atomic E-state index is 9.02. The van der Waals surface area contributed by atoms with Crippen molar-refractivity contribution in [3.05, 3.63) is 0 Å². The monoisotopic (exact) mass is 130 g/mol. The summed E-state index contributed by atoms with van der Waals surface area (Å²) in [5.41, 5.74) is 0. The molecule has 2 unspecified atom stereocenters. The lowest BCUT2D eigenvalue weighted by Crippen LogP contribution is -2.37. The molecule has 2 fully saturated rings. The molecular weight excluding hydrogens is 120 g/mol. The van der Waals surface area contributed by atoms with E-state index in [1.807, 2.05) is 0 Å². The van der Waals surface area contributed by atoms with Crippen molar-refractivity contribution in [2.45, 2.75) is 31.3 Å². The van der Waals surface area contributed by atoms with Gasteiger partial charge in [0, 0.05) is 5.92 Å². The van der Waals surface area contributed by atoms with Gasteiger partial charge in [0.25, 0.3) is 5.97 Å². The van der Waals surface area contributed by atoms with Gasteiger partial charge in [-0.15, -0.1) is 0 Å². The molecule has 0 aromatic heterocycles. The molecule has 3 heteroatoms. The molecule has 1 saturated heterocycles. The second kappa shape index (κ2) is 1.48. The highest BCUT2D eigenvalue weighted by molar-refractivity contribution is 4.87. The number of aliphatic hydroxyl groups is 2. The molecule has 3 nitrogen and oxygen atoms in total.